The molecule has 0 fully saturated rings. The number of fused-ring (bicyclic) bond motifs is 1. The first kappa shape index (κ1) is 16.3. The number of carbonyl (C=O) groups is 1. The second-order valence-electron chi connectivity index (χ2n) is 5.98. The maximum absolute atomic E-state index is 12.7. The van der Waals surface area contributed by atoms with Crippen molar-refractivity contribution < 1.29 is 18.0 Å². The van der Waals surface area contributed by atoms with Crippen molar-refractivity contribution in [2.75, 3.05) is 5.32 Å². The monoisotopic (exact) mass is 358 g/mol. The first-order chi connectivity index (χ1) is 12.4. The molecule has 1 amide bonds. The lowest BCUT2D eigenvalue weighted by molar-refractivity contribution is -0.137. The summed E-state index contributed by atoms with van der Waals surface area (Å²) < 4.78 is 39.8. The SMILES string of the molecule is O=C1C[C@H](c2cccnc2)c2ncn(-c3ccc(C(F)(F)F)cc3)c2N1. The van der Waals surface area contributed by atoms with Gasteiger partial charge in [-0.3, -0.25) is 14.3 Å². The van der Waals surface area contributed by atoms with Gasteiger partial charge in [-0.05, 0) is 35.9 Å². The molecule has 0 spiro atoms. The molecule has 0 unspecified atom stereocenters. The average molecular weight is 358 g/mol. The fourth-order valence-electron chi connectivity index (χ4n) is 3.07. The molecular weight excluding hydrogens is 345 g/mol. The van der Waals surface area contributed by atoms with E-state index in [4.69, 9.17) is 0 Å². The maximum atomic E-state index is 12.7. The smallest absolute Gasteiger partial charge is 0.310 e. The number of nitrogens with one attached hydrogen (secondary N) is 1. The van der Waals surface area contributed by atoms with Crippen LogP contribution in [0.15, 0.2) is 55.1 Å². The van der Waals surface area contributed by atoms with Crippen LogP contribution in [0.5, 0.6) is 0 Å². The van der Waals surface area contributed by atoms with E-state index in [9.17, 15) is 18.0 Å². The lowest BCUT2D eigenvalue weighted by Crippen LogP contribution is -2.25. The number of hydrogen-bond donors (Lipinski definition) is 1. The Bertz CT molecular complexity index is 949. The van der Waals surface area contributed by atoms with Crippen molar-refractivity contribution in [1.29, 1.82) is 0 Å². The first-order valence-electron chi connectivity index (χ1n) is 7.88. The molecule has 3 aromatic rings. The molecule has 0 radical (unpaired) electrons. The van der Waals surface area contributed by atoms with Crippen molar-refractivity contribution >= 4 is 11.7 Å². The van der Waals surface area contributed by atoms with Crippen molar-refractivity contribution in [1.82, 2.24) is 14.5 Å². The van der Waals surface area contributed by atoms with E-state index in [2.05, 4.69) is 15.3 Å². The molecule has 0 bridgehead atoms. The van der Waals surface area contributed by atoms with Gasteiger partial charge < -0.3 is 5.32 Å². The van der Waals surface area contributed by atoms with Gasteiger partial charge in [0.05, 0.1) is 11.3 Å². The molecule has 1 aliphatic heterocycles. The molecule has 5 nitrogen and oxygen atoms in total. The number of imidazole rings is 1. The highest BCUT2D eigenvalue weighted by Gasteiger charge is 2.32. The minimum Gasteiger partial charge on any atom is -0.310 e. The van der Waals surface area contributed by atoms with Gasteiger partial charge in [-0.15, -0.1) is 0 Å². The van der Waals surface area contributed by atoms with E-state index in [1.54, 1.807) is 23.0 Å². The van der Waals surface area contributed by atoms with Crippen LogP contribution in [0.25, 0.3) is 5.69 Å². The zero-order chi connectivity index (χ0) is 18.3. The summed E-state index contributed by atoms with van der Waals surface area (Å²) in [6.45, 7) is 0. The van der Waals surface area contributed by atoms with E-state index >= 15 is 0 Å². The van der Waals surface area contributed by atoms with Gasteiger partial charge in [-0.25, -0.2) is 4.98 Å². The highest BCUT2D eigenvalue weighted by molar-refractivity contribution is 5.94. The number of benzene rings is 1. The number of halogens is 3. The summed E-state index contributed by atoms with van der Waals surface area (Å²) in [5, 5.41) is 2.77. The van der Waals surface area contributed by atoms with Crippen molar-refractivity contribution in [3.05, 3.63) is 71.9 Å². The van der Waals surface area contributed by atoms with Crippen molar-refractivity contribution in [2.45, 2.75) is 18.5 Å². The second kappa shape index (κ2) is 5.98. The maximum Gasteiger partial charge on any atom is 0.416 e. The number of rotatable bonds is 2. The Balaban J connectivity index is 1.75. The van der Waals surface area contributed by atoms with Crippen LogP contribution < -0.4 is 5.32 Å². The summed E-state index contributed by atoms with van der Waals surface area (Å²) in [5.74, 6) is 0.0398. The zero-order valence-corrected chi connectivity index (χ0v) is 13.4. The van der Waals surface area contributed by atoms with Gasteiger partial charge in [0, 0.05) is 30.4 Å². The predicted molar refractivity (Wildman–Crippen MR) is 87.9 cm³/mol. The largest absolute Gasteiger partial charge is 0.416 e. The Kier molecular flexibility index (Phi) is 3.75. The molecule has 0 saturated heterocycles. The fourth-order valence-corrected chi connectivity index (χ4v) is 3.07. The molecule has 4 rings (SSSR count). The summed E-state index contributed by atoms with van der Waals surface area (Å²) in [6.07, 6.45) is 0.676. The minimum atomic E-state index is -4.40. The highest BCUT2D eigenvalue weighted by atomic mass is 19.4. The Morgan fingerprint density at radius 1 is 1.15 bits per heavy atom. The third-order valence-electron chi connectivity index (χ3n) is 4.33. The Hall–Kier alpha value is -3.16. The predicted octanol–water partition coefficient (Wildman–Crippen LogP) is 3.76. The van der Waals surface area contributed by atoms with Gasteiger partial charge >= 0.3 is 6.18 Å². The molecule has 26 heavy (non-hydrogen) atoms. The lowest BCUT2D eigenvalue weighted by Gasteiger charge is -2.23. The van der Waals surface area contributed by atoms with Crippen LogP contribution in [-0.2, 0) is 11.0 Å². The van der Waals surface area contributed by atoms with Gasteiger partial charge in [0.2, 0.25) is 5.91 Å². The van der Waals surface area contributed by atoms with E-state index in [0.717, 1.165) is 17.7 Å². The summed E-state index contributed by atoms with van der Waals surface area (Å²) in [7, 11) is 0. The van der Waals surface area contributed by atoms with Crippen LogP contribution in [0, 0.1) is 0 Å². The van der Waals surface area contributed by atoms with Gasteiger partial charge in [-0.1, -0.05) is 6.07 Å². The molecule has 2 aromatic heterocycles. The van der Waals surface area contributed by atoms with E-state index in [1.165, 1.54) is 18.5 Å². The molecular formula is C18H13F3N4O. The molecule has 1 aromatic carbocycles. The van der Waals surface area contributed by atoms with E-state index in [-0.39, 0.29) is 18.2 Å². The van der Waals surface area contributed by atoms with Gasteiger partial charge in [0.25, 0.3) is 0 Å². The second-order valence-corrected chi connectivity index (χ2v) is 5.98. The van der Waals surface area contributed by atoms with Crippen LogP contribution in [0.4, 0.5) is 19.0 Å². The number of pyridine rings is 1. The van der Waals surface area contributed by atoms with Crippen molar-refractivity contribution in [3.8, 4) is 5.69 Å². The molecule has 8 heteroatoms. The number of alkyl halides is 3. The van der Waals surface area contributed by atoms with Crippen LogP contribution in [-0.4, -0.2) is 20.4 Å². The van der Waals surface area contributed by atoms with Gasteiger partial charge in [0.1, 0.15) is 12.1 Å². The lowest BCUT2D eigenvalue weighted by atomic mass is 9.91. The number of hydrogen-bond acceptors (Lipinski definition) is 3. The Morgan fingerprint density at radius 3 is 2.58 bits per heavy atom. The molecule has 3 heterocycles. The quantitative estimate of drug-likeness (QED) is 0.759. The Labute approximate surface area is 146 Å². The van der Waals surface area contributed by atoms with Crippen LogP contribution >= 0.6 is 0 Å². The summed E-state index contributed by atoms with van der Waals surface area (Å²) in [4.78, 5) is 20.6. The van der Waals surface area contributed by atoms with Crippen molar-refractivity contribution in [3.63, 3.8) is 0 Å². The van der Waals surface area contributed by atoms with E-state index < -0.39 is 11.7 Å². The van der Waals surface area contributed by atoms with E-state index in [0.29, 0.717) is 17.2 Å². The van der Waals surface area contributed by atoms with Crippen molar-refractivity contribution in [2.24, 2.45) is 0 Å². The minimum absolute atomic E-state index is 0.181. The van der Waals surface area contributed by atoms with Crippen LogP contribution in [0.1, 0.15) is 29.2 Å². The summed E-state index contributed by atoms with van der Waals surface area (Å²) in [6, 6.07) is 8.37. The molecule has 0 aliphatic carbocycles. The normalized spacial score (nSPS) is 16.9. The third kappa shape index (κ3) is 2.83. The molecule has 1 atom stereocenters. The zero-order valence-electron chi connectivity index (χ0n) is 13.4. The van der Waals surface area contributed by atoms with Crippen LogP contribution in [0.3, 0.4) is 0 Å². The Morgan fingerprint density at radius 2 is 1.92 bits per heavy atom. The highest BCUT2D eigenvalue weighted by Crippen LogP contribution is 2.37. The number of anilines is 1. The van der Waals surface area contributed by atoms with E-state index in [1.807, 2.05) is 6.07 Å². The molecule has 1 N–H and O–H groups in total. The standard InChI is InChI=1S/C18H13F3N4O/c19-18(20,21)12-3-5-13(6-4-12)25-10-23-16-14(8-15(26)24-17(16)25)11-2-1-7-22-9-11/h1-7,9-10,14H,8H2,(H,24,26)/t14-/m1/s1. The molecule has 1 aliphatic rings. The molecule has 132 valence electrons. The van der Waals surface area contributed by atoms with Gasteiger partial charge in [0.15, 0.2) is 0 Å². The van der Waals surface area contributed by atoms with Crippen LogP contribution in [0.2, 0.25) is 0 Å². The number of amides is 1. The average Bonchev–Trinajstić information content (AvgIpc) is 3.05. The summed E-state index contributed by atoms with van der Waals surface area (Å²) in [5.41, 5.74) is 1.28. The molecule has 0 saturated carbocycles. The third-order valence-corrected chi connectivity index (χ3v) is 4.33. The fraction of sp³-hybridized carbons (Fsp3) is 0.167. The van der Waals surface area contributed by atoms with Gasteiger partial charge in [-0.2, -0.15) is 13.2 Å². The number of nitrogens with zero attached hydrogens (tertiary/aromatic N) is 3. The summed E-state index contributed by atoms with van der Waals surface area (Å²) >= 11 is 0. The number of aromatic nitrogens is 3. The topological polar surface area (TPSA) is 59.8 Å². The number of carbonyl (C=O) groups excluding carboxylic acids is 1. The first-order valence-corrected chi connectivity index (χ1v) is 7.88.